The molecular weight excluding hydrogens is 514 g/mol. The number of benzene rings is 3. The molecule has 2 saturated heterocycles. The molecule has 0 bridgehead atoms. The van der Waals surface area contributed by atoms with Crippen LogP contribution in [0.4, 0.5) is 5.69 Å². The lowest BCUT2D eigenvalue weighted by Crippen LogP contribution is -2.35. The van der Waals surface area contributed by atoms with Crippen molar-refractivity contribution >= 4 is 23.6 Å². The molecule has 0 spiro atoms. The number of hydrogen-bond acceptors (Lipinski definition) is 5. The number of phenols is 1. The van der Waals surface area contributed by atoms with E-state index in [0.29, 0.717) is 25.3 Å². The van der Waals surface area contributed by atoms with Gasteiger partial charge in [0.2, 0.25) is 11.8 Å². The Bertz CT molecular complexity index is 1460. The minimum atomic E-state index is -0.415. The minimum absolute atomic E-state index is 0.123. The molecule has 6 rings (SSSR count). The van der Waals surface area contributed by atoms with Gasteiger partial charge >= 0.3 is 0 Å². The average molecular weight is 550 g/mol. The van der Waals surface area contributed by atoms with Gasteiger partial charge in [-0.25, -0.2) is 0 Å². The molecule has 41 heavy (non-hydrogen) atoms. The van der Waals surface area contributed by atoms with Crippen LogP contribution in [0.2, 0.25) is 0 Å². The number of amides is 2. The number of phenolic OH excluding ortho intramolecular Hbond substituents is 1. The van der Waals surface area contributed by atoms with Gasteiger partial charge in [0, 0.05) is 5.92 Å². The van der Waals surface area contributed by atoms with Gasteiger partial charge in [0.15, 0.2) is 0 Å². The number of para-hydroxylation sites is 2. The van der Waals surface area contributed by atoms with Crippen LogP contribution >= 0.6 is 0 Å². The van der Waals surface area contributed by atoms with Crippen LogP contribution < -0.4 is 9.64 Å². The monoisotopic (exact) mass is 549 g/mol. The summed E-state index contributed by atoms with van der Waals surface area (Å²) < 4.78 is 12.6. The van der Waals surface area contributed by atoms with E-state index < -0.39 is 11.8 Å². The number of nitrogens with zero attached hydrogens (tertiary/aromatic N) is 1. The van der Waals surface area contributed by atoms with Gasteiger partial charge in [-0.3, -0.25) is 14.5 Å². The number of carbonyl (C=O) groups excluding carboxylic acids is 2. The summed E-state index contributed by atoms with van der Waals surface area (Å²) in [4.78, 5) is 28.8. The molecule has 1 aliphatic carbocycles. The number of fused-ring (bicyclic) bond motifs is 3. The smallest absolute Gasteiger partial charge is 0.238 e. The predicted molar refractivity (Wildman–Crippen MR) is 158 cm³/mol. The average Bonchev–Trinajstić information content (AvgIpc) is 3.54. The lowest BCUT2D eigenvalue weighted by atomic mass is 9.69. The Morgan fingerprint density at radius 2 is 1.66 bits per heavy atom. The largest absolute Gasteiger partial charge is 0.508 e. The highest BCUT2D eigenvalue weighted by atomic mass is 16.5. The molecule has 2 fully saturated rings. The first-order valence-corrected chi connectivity index (χ1v) is 14.5. The van der Waals surface area contributed by atoms with Gasteiger partial charge in [-0.2, -0.15) is 0 Å². The zero-order valence-electron chi connectivity index (χ0n) is 23.2. The molecule has 2 heterocycles. The molecule has 0 radical (unpaired) electrons. The van der Waals surface area contributed by atoms with Crippen molar-refractivity contribution in [2.45, 2.75) is 38.7 Å². The number of carbonyl (C=O) groups is 2. The van der Waals surface area contributed by atoms with Crippen LogP contribution in [0, 0.1) is 17.8 Å². The van der Waals surface area contributed by atoms with Gasteiger partial charge in [-0.1, -0.05) is 67.1 Å². The molecule has 2 aliphatic heterocycles. The molecule has 3 aliphatic rings. The van der Waals surface area contributed by atoms with E-state index in [1.54, 1.807) is 12.1 Å². The number of hydrogen-bond donors (Lipinski definition) is 1. The summed E-state index contributed by atoms with van der Waals surface area (Å²) in [6.07, 6.45) is 5.10. The van der Waals surface area contributed by atoms with E-state index in [0.717, 1.165) is 41.7 Å². The van der Waals surface area contributed by atoms with Crippen molar-refractivity contribution in [3.05, 3.63) is 107 Å². The number of imide groups is 1. The second-order valence-electron chi connectivity index (χ2n) is 11.1. The fourth-order valence-corrected chi connectivity index (χ4v) is 6.60. The molecule has 1 N–H and O–H groups in total. The highest BCUT2D eigenvalue weighted by Crippen LogP contribution is 2.50. The summed E-state index contributed by atoms with van der Waals surface area (Å²) in [5.41, 5.74) is 5.21. The molecule has 3 aromatic rings. The molecule has 6 heteroatoms. The molecule has 0 unspecified atom stereocenters. The van der Waals surface area contributed by atoms with Gasteiger partial charge in [0.1, 0.15) is 18.1 Å². The molecular formula is C35H35NO5. The molecule has 2 amide bonds. The highest BCUT2D eigenvalue weighted by molar-refractivity contribution is 6.22. The number of aromatic hydroxyl groups is 1. The lowest BCUT2D eigenvalue weighted by molar-refractivity contribution is -0.122. The quantitative estimate of drug-likeness (QED) is 0.242. The number of rotatable bonds is 9. The minimum Gasteiger partial charge on any atom is -0.508 e. The van der Waals surface area contributed by atoms with E-state index in [9.17, 15) is 14.7 Å². The van der Waals surface area contributed by atoms with Crippen molar-refractivity contribution in [2.24, 2.45) is 17.8 Å². The molecule has 4 atom stereocenters. The molecule has 6 nitrogen and oxygen atoms in total. The van der Waals surface area contributed by atoms with Crippen LogP contribution in [-0.4, -0.2) is 36.2 Å². The van der Waals surface area contributed by atoms with E-state index in [2.05, 4.69) is 13.0 Å². The van der Waals surface area contributed by atoms with Crippen molar-refractivity contribution < 1.29 is 24.2 Å². The SMILES string of the molecule is CC/C(=C\c1ccc(O)cc1)CC[C@H]1OC[C@H]2C1=C(COc1ccccc1)C[C@H]1C(=O)N(c3ccccc3)C(=O)[C@H]12. The summed E-state index contributed by atoms with van der Waals surface area (Å²) in [6, 6.07) is 26.2. The van der Waals surface area contributed by atoms with Gasteiger partial charge in [-0.15, -0.1) is 0 Å². The van der Waals surface area contributed by atoms with E-state index in [4.69, 9.17) is 9.47 Å². The maximum Gasteiger partial charge on any atom is 0.238 e. The standard InChI is InChI=1S/C35H35NO5/c1-2-23(19-24-13-16-27(37)17-14-24)15-18-31-32-25(21-40-28-11-7-4-8-12-28)20-29-33(30(32)22-41-31)35(39)36(34(29)38)26-9-5-3-6-10-26/h3-14,16-17,19,29-31,33,37H,2,15,18,20-22H2,1H3/b23-19+/t29-,30+,31-,33-/m1/s1. The number of anilines is 1. The zero-order chi connectivity index (χ0) is 28.3. The van der Waals surface area contributed by atoms with Crippen LogP contribution in [0.1, 0.15) is 38.2 Å². The summed E-state index contributed by atoms with van der Waals surface area (Å²) in [5.74, 6) is -0.179. The topological polar surface area (TPSA) is 76.1 Å². The number of allylic oxidation sites excluding steroid dienone is 1. The van der Waals surface area contributed by atoms with Crippen LogP contribution in [0.25, 0.3) is 6.08 Å². The van der Waals surface area contributed by atoms with Gasteiger partial charge < -0.3 is 14.6 Å². The van der Waals surface area contributed by atoms with Gasteiger partial charge in [0.25, 0.3) is 0 Å². The van der Waals surface area contributed by atoms with Crippen molar-refractivity contribution in [1.29, 1.82) is 0 Å². The Morgan fingerprint density at radius 3 is 2.37 bits per heavy atom. The Kier molecular flexibility index (Phi) is 7.75. The van der Waals surface area contributed by atoms with E-state index in [1.807, 2.05) is 72.8 Å². The molecule has 0 aromatic heterocycles. The third-order valence-electron chi connectivity index (χ3n) is 8.62. The van der Waals surface area contributed by atoms with Crippen molar-refractivity contribution in [1.82, 2.24) is 0 Å². The molecule has 3 aromatic carbocycles. The molecule has 210 valence electrons. The predicted octanol–water partition coefficient (Wildman–Crippen LogP) is 6.57. The van der Waals surface area contributed by atoms with Crippen molar-refractivity contribution in [3.63, 3.8) is 0 Å². The Hall–Kier alpha value is -4.16. The first-order chi connectivity index (χ1) is 20.0. The Morgan fingerprint density at radius 1 is 0.951 bits per heavy atom. The fraction of sp³-hybridized carbons (Fsp3) is 0.314. The first kappa shape index (κ1) is 27.0. The Labute approximate surface area is 240 Å². The third kappa shape index (κ3) is 5.44. The summed E-state index contributed by atoms with van der Waals surface area (Å²) in [5, 5.41) is 9.63. The second kappa shape index (κ2) is 11.8. The second-order valence-corrected chi connectivity index (χ2v) is 11.1. The van der Waals surface area contributed by atoms with Crippen LogP contribution in [0.3, 0.4) is 0 Å². The fourth-order valence-electron chi connectivity index (χ4n) is 6.60. The third-order valence-corrected chi connectivity index (χ3v) is 8.62. The van der Waals surface area contributed by atoms with Crippen molar-refractivity contribution in [2.75, 3.05) is 18.1 Å². The maximum absolute atomic E-state index is 13.8. The maximum atomic E-state index is 13.8. The number of ether oxygens (including phenoxy) is 2. The zero-order valence-corrected chi connectivity index (χ0v) is 23.2. The van der Waals surface area contributed by atoms with E-state index in [1.165, 1.54) is 10.5 Å². The van der Waals surface area contributed by atoms with E-state index in [-0.39, 0.29) is 29.6 Å². The highest BCUT2D eigenvalue weighted by Gasteiger charge is 2.57. The van der Waals surface area contributed by atoms with Crippen LogP contribution in [-0.2, 0) is 14.3 Å². The van der Waals surface area contributed by atoms with E-state index >= 15 is 0 Å². The Balaban J connectivity index is 1.27. The van der Waals surface area contributed by atoms with Crippen LogP contribution in [0.5, 0.6) is 11.5 Å². The summed E-state index contributed by atoms with van der Waals surface area (Å²) in [7, 11) is 0. The molecule has 0 saturated carbocycles. The van der Waals surface area contributed by atoms with Gasteiger partial charge in [0.05, 0.1) is 30.2 Å². The normalized spacial score (nSPS) is 24.0. The summed E-state index contributed by atoms with van der Waals surface area (Å²) >= 11 is 0. The van der Waals surface area contributed by atoms with Crippen LogP contribution in [0.15, 0.2) is 102 Å². The van der Waals surface area contributed by atoms with Gasteiger partial charge in [-0.05, 0) is 78.8 Å². The summed E-state index contributed by atoms with van der Waals surface area (Å²) in [6.45, 7) is 2.95. The lowest BCUT2D eigenvalue weighted by Gasteiger charge is -2.31. The van der Waals surface area contributed by atoms with Crippen molar-refractivity contribution in [3.8, 4) is 11.5 Å². The first-order valence-electron chi connectivity index (χ1n) is 14.5.